The second-order valence-electron chi connectivity index (χ2n) is 8.13. The van der Waals surface area contributed by atoms with Crippen LogP contribution in [0.1, 0.15) is 48.5 Å². The SMILES string of the molecule is CC(C)c1nn(-c2ccccc2)cc1C1c2nnnn2CCN1Cc1ccccc1F. The van der Waals surface area contributed by atoms with E-state index in [9.17, 15) is 4.39 Å². The zero-order valence-corrected chi connectivity index (χ0v) is 17.6. The van der Waals surface area contributed by atoms with Crippen molar-refractivity contribution in [2.75, 3.05) is 6.54 Å². The molecule has 0 fully saturated rings. The van der Waals surface area contributed by atoms with Gasteiger partial charge >= 0.3 is 0 Å². The highest BCUT2D eigenvalue weighted by Gasteiger charge is 2.35. The van der Waals surface area contributed by atoms with Gasteiger partial charge in [0.1, 0.15) is 11.9 Å². The number of para-hydroxylation sites is 1. The molecule has 0 saturated carbocycles. The lowest BCUT2D eigenvalue weighted by atomic mass is 9.97. The number of benzene rings is 2. The van der Waals surface area contributed by atoms with Crippen LogP contribution in [0.15, 0.2) is 60.8 Å². The fourth-order valence-electron chi connectivity index (χ4n) is 4.21. The second kappa shape index (κ2) is 8.03. The monoisotopic (exact) mass is 417 g/mol. The summed E-state index contributed by atoms with van der Waals surface area (Å²) >= 11 is 0. The predicted molar refractivity (Wildman–Crippen MR) is 114 cm³/mol. The lowest BCUT2D eigenvalue weighted by Gasteiger charge is -2.35. The molecule has 1 unspecified atom stereocenters. The maximum absolute atomic E-state index is 14.5. The summed E-state index contributed by atoms with van der Waals surface area (Å²) < 4.78 is 18.2. The topological polar surface area (TPSA) is 64.7 Å². The van der Waals surface area contributed by atoms with Crippen molar-refractivity contribution in [2.45, 2.75) is 38.9 Å². The van der Waals surface area contributed by atoms with Crippen LogP contribution < -0.4 is 0 Å². The first kappa shape index (κ1) is 19.6. The van der Waals surface area contributed by atoms with Gasteiger partial charge in [0.25, 0.3) is 0 Å². The molecule has 1 atom stereocenters. The molecular formula is C23H24FN7. The van der Waals surface area contributed by atoms with Crippen molar-refractivity contribution in [2.24, 2.45) is 0 Å². The van der Waals surface area contributed by atoms with Crippen molar-refractivity contribution < 1.29 is 4.39 Å². The third-order valence-corrected chi connectivity index (χ3v) is 5.73. The fourth-order valence-corrected chi connectivity index (χ4v) is 4.21. The van der Waals surface area contributed by atoms with E-state index in [-0.39, 0.29) is 17.8 Å². The minimum Gasteiger partial charge on any atom is -0.283 e. The largest absolute Gasteiger partial charge is 0.283 e. The van der Waals surface area contributed by atoms with Crippen LogP contribution in [0.3, 0.4) is 0 Å². The quantitative estimate of drug-likeness (QED) is 0.495. The molecule has 0 spiro atoms. The van der Waals surface area contributed by atoms with Gasteiger partial charge in [-0.3, -0.25) is 4.90 Å². The van der Waals surface area contributed by atoms with E-state index in [1.807, 2.05) is 51.8 Å². The minimum absolute atomic E-state index is 0.199. The molecule has 0 saturated heterocycles. The van der Waals surface area contributed by atoms with Gasteiger partial charge in [-0.05, 0) is 34.5 Å². The van der Waals surface area contributed by atoms with Gasteiger partial charge in [0.15, 0.2) is 5.82 Å². The van der Waals surface area contributed by atoms with Gasteiger partial charge < -0.3 is 0 Å². The molecule has 0 bridgehead atoms. The zero-order chi connectivity index (χ0) is 21.4. The maximum Gasteiger partial charge on any atom is 0.173 e. The molecular weight excluding hydrogens is 393 g/mol. The zero-order valence-electron chi connectivity index (χ0n) is 17.6. The Balaban J connectivity index is 1.61. The van der Waals surface area contributed by atoms with Crippen LogP contribution in [0.2, 0.25) is 0 Å². The fraction of sp³-hybridized carbons (Fsp3) is 0.304. The van der Waals surface area contributed by atoms with Gasteiger partial charge in [-0.15, -0.1) is 5.10 Å². The standard InChI is InChI=1S/C23H24FN7/c1-16(2)21-19(15-31(26-21)18-9-4-3-5-10-18)22-23-25-27-28-30(23)13-12-29(22)14-17-8-6-7-11-20(17)24/h3-11,15-16,22H,12-14H2,1-2H3. The van der Waals surface area contributed by atoms with Crippen molar-refractivity contribution in [1.29, 1.82) is 0 Å². The Bertz CT molecular complexity index is 1180. The molecule has 0 N–H and O–H groups in total. The number of fused-ring (bicyclic) bond motifs is 1. The summed E-state index contributed by atoms with van der Waals surface area (Å²) in [5, 5.41) is 17.3. The third kappa shape index (κ3) is 3.63. The highest BCUT2D eigenvalue weighted by molar-refractivity contribution is 5.37. The van der Waals surface area contributed by atoms with Crippen LogP contribution >= 0.6 is 0 Å². The molecule has 0 amide bonds. The lowest BCUT2D eigenvalue weighted by Crippen LogP contribution is -2.39. The Morgan fingerprint density at radius 2 is 1.81 bits per heavy atom. The Morgan fingerprint density at radius 3 is 2.58 bits per heavy atom. The van der Waals surface area contributed by atoms with Crippen LogP contribution in [0.4, 0.5) is 4.39 Å². The van der Waals surface area contributed by atoms with E-state index in [2.05, 4.69) is 40.5 Å². The molecule has 158 valence electrons. The van der Waals surface area contributed by atoms with Gasteiger partial charge in [-0.1, -0.05) is 50.2 Å². The number of nitrogens with zero attached hydrogens (tertiary/aromatic N) is 7. The molecule has 2 aromatic heterocycles. The summed E-state index contributed by atoms with van der Waals surface area (Å²) in [7, 11) is 0. The first-order valence-corrected chi connectivity index (χ1v) is 10.5. The Hall–Kier alpha value is -3.39. The molecule has 1 aliphatic heterocycles. The first-order valence-electron chi connectivity index (χ1n) is 10.5. The van der Waals surface area contributed by atoms with Gasteiger partial charge in [-0.25, -0.2) is 13.8 Å². The van der Waals surface area contributed by atoms with Crippen LogP contribution in [-0.4, -0.2) is 41.4 Å². The van der Waals surface area contributed by atoms with Crippen molar-refractivity contribution in [3.05, 3.63) is 89.3 Å². The normalized spacial score (nSPS) is 16.6. The van der Waals surface area contributed by atoms with Crippen molar-refractivity contribution >= 4 is 0 Å². The highest BCUT2D eigenvalue weighted by atomic mass is 19.1. The lowest BCUT2D eigenvalue weighted by molar-refractivity contribution is 0.161. The summed E-state index contributed by atoms with van der Waals surface area (Å²) in [6.07, 6.45) is 2.06. The molecule has 31 heavy (non-hydrogen) atoms. The molecule has 8 heteroatoms. The summed E-state index contributed by atoms with van der Waals surface area (Å²) in [5.74, 6) is 0.772. The van der Waals surface area contributed by atoms with Gasteiger partial charge in [0, 0.05) is 30.4 Å². The number of aromatic nitrogens is 6. The van der Waals surface area contributed by atoms with E-state index >= 15 is 0 Å². The van der Waals surface area contributed by atoms with Gasteiger partial charge in [-0.2, -0.15) is 5.10 Å². The molecule has 4 aromatic rings. The molecule has 7 nitrogen and oxygen atoms in total. The van der Waals surface area contributed by atoms with E-state index < -0.39 is 0 Å². The number of rotatable bonds is 5. The smallest absolute Gasteiger partial charge is 0.173 e. The third-order valence-electron chi connectivity index (χ3n) is 5.73. The van der Waals surface area contributed by atoms with Crippen LogP contribution in [0.25, 0.3) is 5.69 Å². The Labute approximate surface area is 180 Å². The summed E-state index contributed by atoms with van der Waals surface area (Å²) in [6, 6.07) is 16.8. The molecule has 0 aliphatic carbocycles. The minimum atomic E-state index is -0.210. The van der Waals surface area contributed by atoms with Crippen LogP contribution in [0.5, 0.6) is 0 Å². The molecule has 2 aromatic carbocycles. The summed E-state index contributed by atoms with van der Waals surface area (Å²) in [6.45, 7) is 6.11. The maximum atomic E-state index is 14.5. The molecule has 3 heterocycles. The summed E-state index contributed by atoms with van der Waals surface area (Å²) in [5.41, 5.74) is 3.69. The van der Waals surface area contributed by atoms with Crippen molar-refractivity contribution in [3.63, 3.8) is 0 Å². The number of tetrazole rings is 1. The average Bonchev–Trinajstić information content (AvgIpc) is 3.43. The number of hydrogen-bond acceptors (Lipinski definition) is 5. The predicted octanol–water partition coefficient (Wildman–Crippen LogP) is 3.73. The van der Waals surface area contributed by atoms with E-state index in [0.717, 1.165) is 22.8 Å². The average molecular weight is 417 g/mol. The van der Waals surface area contributed by atoms with Crippen LogP contribution in [0, 0.1) is 5.82 Å². The summed E-state index contributed by atoms with van der Waals surface area (Å²) in [4.78, 5) is 2.24. The van der Waals surface area contributed by atoms with E-state index in [4.69, 9.17) is 5.10 Å². The van der Waals surface area contributed by atoms with Gasteiger partial charge in [0.05, 0.1) is 17.9 Å². The van der Waals surface area contributed by atoms with E-state index in [0.29, 0.717) is 25.2 Å². The Kier molecular flexibility index (Phi) is 5.07. The molecule has 0 radical (unpaired) electrons. The van der Waals surface area contributed by atoms with E-state index in [1.54, 1.807) is 6.07 Å². The highest BCUT2D eigenvalue weighted by Crippen LogP contribution is 2.36. The molecule has 1 aliphatic rings. The van der Waals surface area contributed by atoms with Crippen molar-refractivity contribution in [3.8, 4) is 5.69 Å². The second-order valence-corrected chi connectivity index (χ2v) is 8.13. The first-order chi connectivity index (χ1) is 15.1. The van der Waals surface area contributed by atoms with Gasteiger partial charge in [0.2, 0.25) is 0 Å². The molecule has 5 rings (SSSR count). The number of hydrogen-bond donors (Lipinski definition) is 0. The Morgan fingerprint density at radius 1 is 1.03 bits per heavy atom. The number of halogens is 1. The van der Waals surface area contributed by atoms with E-state index in [1.165, 1.54) is 6.07 Å². The van der Waals surface area contributed by atoms with Crippen LogP contribution in [-0.2, 0) is 13.1 Å². The van der Waals surface area contributed by atoms with Crippen molar-refractivity contribution in [1.82, 2.24) is 34.9 Å².